The molecule has 4 nitrogen and oxygen atoms in total. The summed E-state index contributed by atoms with van der Waals surface area (Å²) in [5.74, 6) is 0.464. The summed E-state index contributed by atoms with van der Waals surface area (Å²) in [6.07, 6.45) is 3.42. The highest BCUT2D eigenvalue weighted by atomic mass is 32.2. The lowest BCUT2D eigenvalue weighted by atomic mass is 10.1. The second kappa shape index (κ2) is 8.37. The first-order valence-corrected chi connectivity index (χ1v) is 10.0. The number of hydrogen-bond donors (Lipinski definition) is 0. The number of ether oxygens (including phenoxy) is 1. The molecule has 0 bridgehead atoms. The van der Waals surface area contributed by atoms with Gasteiger partial charge in [0, 0.05) is 0 Å². The predicted molar refractivity (Wildman–Crippen MR) is 118 cm³/mol. The van der Waals surface area contributed by atoms with Crippen molar-refractivity contribution in [2.75, 3.05) is 6.61 Å². The first kappa shape index (κ1) is 19.0. The van der Waals surface area contributed by atoms with Gasteiger partial charge in [-0.15, -0.1) is 0 Å². The lowest BCUT2D eigenvalue weighted by Crippen LogP contribution is -2.27. The highest BCUT2D eigenvalue weighted by molar-refractivity contribution is 8.18. The van der Waals surface area contributed by atoms with E-state index in [-0.39, 0.29) is 17.7 Å². The van der Waals surface area contributed by atoms with Gasteiger partial charge in [-0.2, -0.15) is 0 Å². The number of amides is 2. The molecule has 0 atom stereocenters. The van der Waals surface area contributed by atoms with E-state index < -0.39 is 0 Å². The molecular formula is C24H19NO3S. The monoisotopic (exact) mass is 401 g/mol. The molecule has 1 aliphatic heterocycles. The number of nitrogens with zero attached hydrogens (tertiary/aromatic N) is 1. The zero-order valence-corrected chi connectivity index (χ0v) is 16.5. The molecule has 0 unspecified atom stereocenters. The Morgan fingerprint density at radius 3 is 2.48 bits per heavy atom. The number of rotatable bonds is 6. The fourth-order valence-electron chi connectivity index (χ4n) is 3.12. The summed E-state index contributed by atoms with van der Waals surface area (Å²) < 4.78 is 5.46. The summed E-state index contributed by atoms with van der Waals surface area (Å²) in [7, 11) is 0. The molecule has 29 heavy (non-hydrogen) atoms. The maximum Gasteiger partial charge on any atom is 0.293 e. The molecule has 1 aliphatic rings. The summed E-state index contributed by atoms with van der Waals surface area (Å²) in [6, 6.07) is 21.4. The van der Waals surface area contributed by atoms with E-state index in [2.05, 4.69) is 6.58 Å². The van der Waals surface area contributed by atoms with Crippen molar-refractivity contribution in [3.63, 3.8) is 0 Å². The lowest BCUT2D eigenvalue weighted by molar-refractivity contribution is -0.123. The van der Waals surface area contributed by atoms with Crippen molar-refractivity contribution in [3.8, 4) is 5.75 Å². The van der Waals surface area contributed by atoms with Gasteiger partial charge in [0.05, 0.1) is 11.4 Å². The zero-order valence-electron chi connectivity index (χ0n) is 15.7. The Labute approximate surface area is 173 Å². The number of thioether (sulfide) groups is 1. The Kier molecular flexibility index (Phi) is 5.49. The predicted octanol–water partition coefficient (Wildman–Crippen LogP) is 5.64. The van der Waals surface area contributed by atoms with Crippen molar-refractivity contribution in [3.05, 3.63) is 95.4 Å². The minimum atomic E-state index is -0.264. The topological polar surface area (TPSA) is 46.6 Å². The summed E-state index contributed by atoms with van der Waals surface area (Å²) in [6.45, 7) is 4.32. The Balaban J connectivity index is 1.50. The molecule has 3 aromatic rings. The third-order valence-electron chi connectivity index (χ3n) is 4.57. The van der Waals surface area contributed by atoms with Crippen LogP contribution in [0.5, 0.6) is 5.75 Å². The third-order valence-corrected chi connectivity index (χ3v) is 5.48. The van der Waals surface area contributed by atoms with Crippen molar-refractivity contribution < 1.29 is 14.3 Å². The summed E-state index contributed by atoms with van der Waals surface area (Å²) in [5.41, 5.74) is 1.77. The van der Waals surface area contributed by atoms with E-state index in [0.717, 1.165) is 39.4 Å². The number of hydrogen-bond acceptors (Lipinski definition) is 4. The molecule has 0 N–H and O–H groups in total. The standard InChI is InChI=1S/C24H19NO3S/c1-2-13-28-21-11-8-17(9-12-21)15-22-23(26)25(24(27)29-22)16-18-7-10-19-5-3-4-6-20(19)14-18/h2-12,14-15H,1,13,16H2/b22-15-. The van der Waals surface area contributed by atoms with E-state index in [1.165, 1.54) is 4.90 Å². The summed E-state index contributed by atoms with van der Waals surface area (Å²) in [5, 5.41) is 1.97. The molecule has 0 radical (unpaired) electrons. The molecule has 2 amide bonds. The van der Waals surface area contributed by atoms with Gasteiger partial charge in [0.25, 0.3) is 11.1 Å². The minimum absolute atomic E-state index is 0.250. The van der Waals surface area contributed by atoms with Gasteiger partial charge in [-0.25, -0.2) is 0 Å². The number of imide groups is 1. The molecule has 3 aromatic carbocycles. The van der Waals surface area contributed by atoms with Gasteiger partial charge in [0.1, 0.15) is 12.4 Å². The molecule has 4 rings (SSSR count). The summed E-state index contributed by atoms with van der Waals surface area (Å²) >= 11 is 0.972. The molecule has 0 aromatic heterocycles. The first-order valence-electron chi connectivity index (χ1n) is 9.21. The first-order chi connectivity index (χ1) is 14.1. The summed E-state index contributed by atoms with van der Waals surface area (Å²) in [4.78, 5) is 26.9. The highest BCUT2D eigenvalue weighted by Crippen LogP contribution is 2.33. The SMILES string of the molecule is C=CCOc1ccc(/C=C2\SC(=O)N(Cc3ccc4ccccc4c3)C2=O)cc1. The average molecular weight is 401 g/mol. The number of fused-ring (bicyclic) bond motifs is 1. The van der Waals surface area contributed by atoms with Crippen LogP contribution in [0.15, 0.2) is 84.3 Å². The number of benzene rings is 3. The van der Waals surface area contributed by atoms with Gasteiger partial charge in [0.15, 0.2) is 0 Å². The quantitative estimate of drug-likeness (QED) is 0.396. The Morgan fingerprint density at radius 1 is 0.966 bits per heavy atom. The van der Waals surface area contributed by atoms with Crippen LogP contribution in [0, 0.1) is 0 Å². The van der Waals surface area contributed by atoms with Crippen molar-refractivity contribution in [1.82, 2.24) is 4.90 Å². The number of carbonyl (C=O) groups is 2. The minimum Gasteiger partial charge on any atom is -0.490 e. The Hall–Kier alpha value is -3.31. The molecule has 144 valence electrons. The van der Waals surface area contributed by atoms with E-state index >= 15 is 0 Å². The molecule has 0 spiro atoms. The normalized spacial score (nSPS) is 15.3. The smallest absolute Gasteiger partial charge is 0.293 e. The van der Waals surface area contributed by atoms with Gasteiger partial charge in [0.2, 0.25) is 0 Å². The van der Waals surface area contributed by atoms with Crippen LogP contribution in [-0.4, -0.2) is 22.7 Å². The van der Waals surface area contributed by atoms with E-state index in [1.807, 2.05) is 66.7 Å². The fourth-order valence-corrected chi connectivity index (χ4v) is 3.96. The second-order valence-electron chi connectivity index (χ2n) is 6.62. The van der Waals surface area contributed by atoms with Gasteiger partial charge in [-0.05, 0) is 57.9 Å². The van der Waals surface area contributed by atoms with E-state index in [9.17, 15) is 9.59 Å². The molecule has 0 aliphatic carbocycles. The maximum absolute atomic E-state index is 12.8. The average Bonchev–Trinajstić information content (AvgIpc) is 3.00. The molecule has 0 saturated carbocycles. The maximum atomic E-state index is 12.8. The molecule has 5 heteroatoms. The van der Waals surface area contributed by atoms with Gasteiger partial charge < -0.3 is 4.74 Å². The molecule has 1 fully saturated rings. The van der Waals surface area contributed by atoms with E-state index in [1.54, 1.807) is 12.2 Å². The van der Waals surface area contributed by atoms with Crippen LogP contribution >= 0.6 is 11.8 Å². The van der Waals surface area contributed by atoms with Crippen LogP contribution < -0.4 is 4.74 Å². The van der Waals surface area contributed by atoms with Crippen molar-refractivity contribution in [2.45, 2.75) is 6.54 Å². The van der Waals surface area contributed by atoms with E-state index in [0.29, 0.717) is 11.5 Å². The van der Waals surface area contributed by atoms with Crippen molar-refractivity contribution in [1.29, 1.82) is 0 Å². The fraction of sp³-hybridized carbons (Fsp3) is 0.0833. The van der Waals surface area contributed by atoms with Crippen LogP contribution in [0.25, 0.3) is 16.8 Å². The zero-order chi connectivity index (χ0) is 20.2. The van der Waals surface area contributed by atoms with Crippen LogP contribution in [0.1, 0.15) is 11.1 Å². The Morgan fingerprint density at radius 2 is 1.72 bits per heavy atom. The van der Waals surface area contributed by atoms with Gasteiger partial charge in [-0.3, -0.25) is 14.5 Å². The largest absolute Gasteiger partial charge is 0.490 e. The van der Waals surface area contributed by atoms with Crippen LogP contribution in [0.3, 0.4) is 0 Å². The van der Waals surface area contributed by atoms with Crippen LogP contribution in [0.4, 0.5) is 4.79 Å². The van der Waals surface area contributed by atoms with Gasteiger partial charge >= 0.3 is 0 Å². The molecular weight excluding hydrogens is 382 g/mol. The Bertz CT molecular complexity index is 1120. The van der Waals surface area contributed by atoms with Crippen molar-refractivity contribution >= 4 is 39.8 Å². The number of carbonyl (C=O) groups excluding carboxylic acids is 2. The van der Waals surface area contributed by atoms with Crippen LogP contribution in [-0.2, 0) is 11.3 Å². The molecule has 1 heterocycles. The van der Waals surface area contributed by atoms with E-state index in [4.69, 9.17) is 4.74 Å². The molecule has 1 saturated heterocycles. The lowest BCUT2D eigenvalue weighted by Gasteiger charge is -2.13. The second-order valence-corrected chi connectivity index (χ2v) is 7.61. The third kappa shape index (κ3) is 4.25. The van der Waals surface area contributed by atoms with Crippen molar-refractivity contribution in [2.24, 2.45) is 0 Å². The highest BCUT2D eigenvalue weighted by Gasteiger charge is 2.34. The van der Waals surface area contributed by atoms with Gasteiger partial charge in [-0.1, -0.05) is 61.2 Å². The van der Waals surface area contributed by atoms with Crippen LogP contribution in [0.2, 0.25) is 0 Å².